The Morgan fingerprint density at radius 1 is 1.14 bits per heavy atom. The smallest absolute Gasteiger partial charge is 0.228 e. The van der Waals surface area contributed by atoms with Crippen molar-refractivity contribution in [2.45, 2.75) is 33.7 Å². The van der Waals surface area contributed by atoms with E-state index in [9.17, 15) is 4.79 Å². The van der Waals surface area contributed by atoms with Gasteiger partial charge in [0.15, 0.2) is 4.96 Å². The fourth-order valence-electron chi connectivity index (χ4n) is 3.12. The van der Waals surface area contributed by atoms with Crippen LogP contribution in [0.15, 0.2) is 35.8 Å². The molecule has 4 rings (SSSR count). The van der Waals surface area contributed by atoms with Gasteiger partial charge in [-0.3, -0.25) is 9.20 Å². The van der Waals surface area contributed by atoms with Crippen LogP contribution in [0.5, 0.6) is 0 Å². The Hall–Kier alpha value is -2.51. The summed E-state index contributed by atoms with van der Waals surface area (Å²) in [5.41, 5.74) is 5.17. The Morgan fingerprint density at radius 2 is 1.89 bits per heavy atom. The molecule has 7 heteroatoms. The lowest BCUT2D eigenvalue weighted by Gasteiger charge is -2.16. The summed E-state index contributed by atoms with van der Waals surface area (Å²) in [5, 5.41) is 2.93. The van der Waals surface area contributed by atoms with Crippen LogP contribution in [0.25, 0.3) is 15.5 Å². The molecule has 0 aliphatic rings. The monoisotopic (exact) mass is 410 g/mol. The first-order chi connectivity index (χ1) is 13.4. The van der Waals surface area contributed by atoms with E-state index < -0.39 is 0 Å². The zero-order valence-corrected chi connectivity index (χ0v) is 18.0. The van der Waals surface area contributed by atoms with Crippen LogP contribution in [0.1, 0.15) is 27.5 Å². The lowest BCUT2D eigenvalue weighted by atomic mass is 10.2. The molecule has 1 amide bonds. The largest absolute Gasteiger partial charge is 0.340 e. The predicted molar refractivity (Wildman–Crippen MR) is 115 cm³/mol. The van der Waals surface area contributed by atoms with Crippen LogP contribution in [0, 0.1) is 20.8 Å². The van der Waals surface area contributed by atoms with Gasteiger partial charge < -0.3 is 4.90 Å². The van der Waals surface area contributed by atoms with Gasteiger partial charge in [-0.2, -0.15) is 0 Å². The van der Waals surface area contributed by atoms with Crippen molar-refractivity contribution >= 4 is 33.5 Å². The Balaban J connectivity index is 1.46. The quantitative estimate of drug-likeness (QED) is 0.481. The number of imidazole rings is 1. The van der Waals surface area contributed by atoms with Crippen molar-refractivity contribution < 1.29 is 4.79 Å². The molecule has 0 spiro atoms. The van der Waals surface area contributed by atoms with Gasteiger partial charge in [-0.15, -0.1) is 22.7 Å². The average Bonchev–Trinajstić information content (AvgIpc) is 3.32. The summed E-state index contributed by atoms with van der Waals surface area (Å²) in [5.74, 6) is 0.0575. The highest BCUT2D eigenvalue weighted by Gasteiger charge is 2.17. The van der Waals surface area contributed by atoms with E-state index in [2.05, 4.69) is 58.7 Å². The number of nitrogens with zero attached hydrogens (tertiary/aromatic N) is 4. The maximum Gasteiger partial charge on any atom is 0.228 e. The maximum absolute atomic E-state index is 12.7. The Kier molecular flexibility index (Phi) is 5.03. The minimum atomic E-state index is 0.0575. The second kappa shape index (κ2) is 7.48. The van der Waals surface area contributed by atoms with Gasteiger partial charge >= 0.3 is 0 Å². The Morgan fingerprint density at radius 3 is 2.64 bits per heavy atom. The number of amides is 1. The molecule has 0 saturated carbocycles. The third-order valence-electron chi connectivity index (χ3n) is 4.74. The van der Waals surface area contributed by atoms with Gasteiger partial charge in [0.05, 0.1) is 30.0 Å². The van der Waals surface area contributed by atoms with Gasteiger partial charge in [0.2, 0.25) is 5.91 Å². The SMILES string of the molecule is Cc1ccc(-c2nc(CC(=O)N(C)Cc3c(C)nc4sc(C)cn34)cs2)cc1. The number of carbonyl (C=O) groups excluding carboxylic acids is 1. The highest BCUT2D eigenvalue weighted by atomic mass is 32.1. The van der Waals surface area contributed by atoms with Crippen molar-refractivity contribution in [1.82, 2.24) is 19.3 Å². The molecule has 0 N–H and O–H groups in total. The Labute approximate surface area is 172 Å². The molecule has 3 heterocycles. The second-order valence-electron chi connectivity index (χ2n) is 7.07. The number of likely N-dealkylation sites (N-methyl/N-ethyl adjacent to an activating group) is 1. The molecule has 0 fully saturated rings. The van der Waals surface area contributed by atoms with Gasteiger partial charge in [0.25, 0.3) is 0 Å². The first-order valence-electron chi connectivity index (χ1n) is 9.10. The number of benzene rings is 1. The normalized spacial score (nSPS) is 11.3. The molecule has 5 nitrogen and oxygen atoms in total. The lowest BCUT2D eigenvalue weighted by Crippen LogP contribution is -2.28. The predicted octanol–water partition coefficient (Wildman–Crippen LogP) is 4.65. The van der Waals surface area contributed by atoms with Crippen LogP contribution >= 0.6 is 22.7 Å². The van der Waals surface area contributed by atoms with Crippen LogP contribution in [0.4, 0.5) is 0 Å². The number of aryl methyl sites for hydroxylation is 3. The number of aromatic nitrogens is 3. The van der Waals surface area contributed by atoms with Gasteiger partial charge in [-0.1, -0.05) is 29.8 Å². The van der Waals surface area contributed by atoms with E-state index >= 15 is 0 Å². The minimum Gasteiger partial charge on any atom is -0.340 e. The minimum absolute atomic E-state index is 0.0575. The first kappa shape index (κ1) is 18.8. The molecular formula is C21H22N4OS2. The van der Waals surface area contributed by atoms with E-state index in [1.54, 1.807) is 27.6 Å². The summed E-state index contributed by atoms with van der Waals surface area (Å²) in [6.07, 6.45) is 2.39. The zero-order valence-electron chi connectivity index (χ0n) is 16.4. The fourth-order valence-corrected chi connectivity index (χ4v) is 4.83. The molecule has 0 saturated heterocycles. The van der Waals surface area contributed by atoms with E-state index in [1.807, 2.05) is 19.4 Å². The van der Waals surface area contributed by atoms with Crippen molar-refractivity contribution in [3.8, 4) is 10.6 Å². The van der Waals surface area contributed by atoms with Crippen LogP contribution in [0.2, 0.25) is 0 Å². The molecule has 4 aromatic rings. The number of fused-ring (bicyclic) bond motifs is 1. The molecule has 0 atom stereocenters. The number of hydrogen-bond donors (Lipinski definition) is 0. The van der Waals surface area contributed by atoms with Gasteiger partial charge in [0.1, 0.15) is 5.01 Å². The van der Waals surface area contributed by atoms with Gasteiger partial charge in [-0.05, 0) is 20.8 Å². The molecule has 0 bridgehead atoms. The summed E-state index contributed by atoms with van der Waals surface area (Å²) in [6, 6.07) is 8.30. The number of carbonyl (C=O) groups is 1. The van der Waals surface area contributed by atoms with E-state index in [0.717, 1.165) is 32.6 Å². The summed E-state index contributed by atoms with van der Waals surface area (Å²) >= 11 is 3.25. The van der Waals surface area contributed by atoms with Crippen molar-refractivity contribution in [2.75, 3.05) is 7.05 Å². The molecule has 0 aliphatic carbocycles. The molecule has 28 heavy (non-hydrogen) atoms. The fraction of sp³-hybridized carbons (Fsp3) is 0.286. The van der Waals surface area contributed by atoms with E-state index in [1.165, 1.54) is 10.4 Å². The second-order valence-corrected chi connectivity index (χ2v) is 9.15. The third kappa shape index (κ3) is 3.72. The summed E-state index contributed by atoms with van der Waals surface area (Å²) < 4.78 is 2.09. The van der Waals surface area contributed by atoms with Gasteiger partial charge in [0, 0.05) is 29.1 Å². The van der Waals surface area contributed by atoms with Crippen LogP contribution < -0.4 is 0 Å². The van der Waals surface area contributed by atoms with Crippen molar-refractivity contribution in [2.24, 2.45) is 0 Å². The number of thiazole rings is 2. The van der Waals surface area contributed by atoms with Gasteiger partial charge in [-0.25, -0.2) is 9.97 Å². The zero-order chi connectivity index (χ0) is 19.8. The van der Waals surface area contributed by atoms with Crippen LogP contribution in [-0.4, -0.2) is 32.2 Å². The summed E-state index contributed by atoms with van der Waals surface area (Å²) in [6.45, 7) is 6.67. The van der Waals surface area contributed by atoms with E-state index in [-0.39, 0.29) is 5.91 Å². The maximum atomic E-state index is 12.7. The van der Waals surface area contributed by atoms with E-state index in [4.69, 9.17) is 0 Å². The summed E-state index contributed by atoms with van der Waals surface area (Å²) in [4.78, 5) is 26.0. The van der Waals surface area contributed by atoms with Crippen molar-refractivity contribution in [1.29, 1.82) is 0 Å². The number of rotatable bonds is 5. The molecule has 144 valence electrons. The lowest BCUT2D eigenvalue weighted by molar-refractivity contribution is -0.129. The Bertz CT molecular complexity index is 1140. The third-order valence-corrected chi connectivity index (χ3v) is 6.57. The molecular weight excluding hydrogens is 388 g/mol. The standard InChI is InChI=1S/C21H22N4OS2/c1-13-5-7-16(8-6-13)20-23-17(12-27-20)9-19(26)24(4)11-18-15(3)22-21-25(18)10-14(2)28-21/h5-8,10,12H,9,11H2,1-4H3. The molecule has 1 aromatic carbocycles. The molecule has 0 aliphatic heterocycles. The number of hydrogen-bond acceptors (Lipinski definition) is 5. The molecule has 0 radical (unpaired) electrons. The van der Waals surface area contributed by atoms with Crippen LogP contribution in [0.3, 0.4) is 0 Å². The topological polar surface area (TPSA) is 50.5 Å². The first-order valence-corrected chi connectivity index (χ1v) is 10.8. The van der Waals surface area contributed by atoms with E-state index in [0.29, 0.717) is 13.0 Å². The highest BCUT2D eigenvalue weighted by molar-refractivity contribution is 7.17. The van der Waals surface area contributed by atoms with Crippen molar-refractivity contribution in [3.63, 3.8) is 0 Å². The van der Waals surface area contributed by atoms with Crippen molar-refractivity contribution in [3.05, 3.63) is 63.4 Å². The van der Waals surface area contributed by atoms with Crippen LogP contribution in [-0.2, 0) is 17.8 Å². The average molecular weight is 411 g/mol. The molecule has 3 aromatic heterocycles. The highest BCUT2D eigenvalue weighted by Crippen LogP contribution is 2.25. The molecule has 0 unspecified atom stereocenters. The summed E-state index contributed by atoms with van der Waals surface area (Å²) in [7, 11) is 1.84.